The van der Waals surface area contributed by atoms with Crippen molar-refractivity contribution in [2.24, 2.45) is 0 Å². The number of nitrogens with one attached hydrogen (secondary N) is 2. The molecule has 0 aliphatic rings. The first-order valence-electron chi connectivity index (χ1n) is 7.16. The molecule has 9 heteroatoms. The number of amides is 1. The molecular formula is C16H15F3N2O3S. The Kier molecular flexibility index (Phi) is 5.81. The fourth-order valence-electron chi connectivity index (χ4n) is 1.94. The molecule has 0 unspecified atom stereocenters. The smallest absolute Gasteiger partial charge is 0.351 e. The van der Waals surface area contributed by atoms with Crippen LogP contribution in [0.2, 0.25) is 0 Å². The maximum absolute atomic E-state index is 12.7. The molecule has 0 atom stereocenters. The number of carbonyl (C=O) groups is 1. The van der Waals surface area contributed by atoms with Gasteiger partial charge in [-0.05, 0) is 23.8 Å². The molecule has 0 heterocycles. The lowest BCUT2D eigenvalue weighted by atomic mass is 10.2. The summed E-state index contributed by atoms with van der Waals surface area (Å²) in [5, 5.41) is 2.51. The normalized spacial score (nSPS) is 12.0. The first-order chi connectivity index (χ1) is 11.7. The Bertz CT molecular complexity index is 837. The zero-order valence-electron chi connectivity index (χ0n) is 12.9. The Hall–Kier alpha value is -2.39. The summed E-state index contributed by atoms with van der Waals surface area (Å²) in [5.74, 6) is -0.598. The van der Waals surface area contributed by atoms with Gasteiger partial charge in [0.25, 0.3) is 0 Å². The third-order valence-corrected chi connectivity index (χ3v) is 4.63. The topological polar surface area (TPSA) is 75.3 Å². The molecule has 2 rings (SSSR count). The van der Waals surface area contributed by atoms with Gasteiger partial charge >= 0.3 is 6.18 Å². The van der Waals surface area contributed by atoms with Crippen molar-refractivity contribution < 1.29 is 26.4 Å². The van der Waals surface area contributed by atoms with Crippen molar-refractivity contribution in [1.82, 2.24) is 10.0 Å². The number of halogens is 3. The van der Waals surface area contributed by atoms with Crippen LogP contribution >= 0.6 is 0 Å². The van der Waals surface area contributed by atoms with Gasteiger partial charge in [-0.2, -0.15) is 13.2 Å². The summed E-state index contributed by atoms with van der Waals surface area (Å²) in [6, 6.07) is 12.3. The molecule has 0 radical (unpaired) electrons. The van der Waals surface area contributed by atoms with Crippen LogP contribution in [0.1, 0.15) is 11.1 Å². The standard InChI is InChI=1S/C16H15F3N2O3S/c17-16(18,19)13-7-4-8-14(9-13)25(23,24)21-11-15(22)20-10-12-5-2-1-3-6-12/h1-9,21H,10-11H2,(H,20,22). The molecule has 0 aromatic heterocycles. The SMILES string of the molecule is O=C(CNS(=O)(=O)c1cccc(C(F)(F)F)c1)NCc1ccccc1. The summed E-state index contributed by atoms with van der Waals surface area (Å²) in [6.07, 6.45) is -4.65. The van der Waals surface area contributed by atoms with E-state index in [-0.39, 0.29) is 6.54 Å². The maximum Gasteiger partial charge on any atom is 0.416 e. The van der Waals surface area contributed by atoms with E-state index in [1.165, 1.54) is 0 Å². The third kappa shape index (κ3) is 5.57. The van der Waals surface area contributed by atoms with Crippen LogP contribution in [-0.4, -0.2) is 20.9 Å². The van der Waals surface area contributed by atoms with E-state index in [0.29, 0.717) is 6.07 Å². The second-order valence-electron chi connectivity index (χ2n) is 5.11. The van der Waals surface area contributed by atoms with Crippen LogP contribution in [0.25, 0.3) is 0 Å². The molecule has 0 saturated carbocycles. The van der Waals surface area contributed by atoms with Gasteiger partial charge in [0.15, 0.2) is 0 Å². The fraction of sp³-hybridized carbons (Fsp3) is 0.188. The minimum atomic E-state index is -4.65. The Morgan fingerprint density at radius 1 is 1.00 bits per heavy atom. The zero-order chi connectivity index (χ0) is 18.5. The first-order valence-corrected chi connectivity index (χ1v) is 8.64. The number of hydrogen-bond donors (Lipinski definition) is 2. The highest BCUT2D eigenvalue weighted by Crippen LogP contribution is 2.30. The van der Waals surface area contributed by atoms with Crippen LogP contribution in [0, 0.1) is 0 Å². The average molecular weight is 372 g/mol. The van der Waals surface area contributed by atoms with Crippen LogP contribution in [0.4, 0.5) is 13.2 Å². The summed E-state index contributed by atoms with van der Waals surface area (Å²) in [7, 11) is -4.23. The van der Waals surface area contributed by atoms with Crippen molar-refractivity contribution in [2.45, 2.75) is 17.6 Å². The van der Waals surface area contributed by atoms with Crippen molar-refractivity contribution in [2.75, 3.05) is 6.54 Å². The van der Waals surface area contributed by atoms with Gasteiger partial charge in [-0.15, -0.1) is 0 Å². The maximum atomic E-state index is 12.7. The molecule has 0 bridgehead atoms. The quantitative estimate of drug-likeness (QED) is 0.817. The lowest BCUT2D eigenvalue weighted by molar-refractivity contribution is -0.137. The van der Waals surface area contributed by atoms with Gasteiger partial charge < -0.3 is 5.32 Å². The fourth-order valence-corrected chi connectivity index (χ4v) is 2.97. The number of sulfonamides is 1. The van der Waals surface area contributed by atoms with E-state index in [2.05, 4.69) is 5.32 Å². The van der Waals surface area contributed by atoms with Crippen LogP contribution in [0.3, 0.4) is 0 Å². The van der Waals surface area contributed by atoms with E-state index in [9.17, 15) is 26.4 Å². The molecule has 25 heavy (non-hydrogen) atoms. The van der Waals surface area contributed by atoms with E-state index < -0.39 is 39.1 Å². The molecule has 1 amide bonds. The van der Waals surface area contributed by atoms with E-state index in [1.54, 1.807) is 24.3 Å². The largest absolute Gasteiger partial charge is 0.416 e. The van der Waals surface area contributed by atoms with Crippen molar-refractivity contribution >= 4 is 15.9 Å². The summed E-state index contributed by atoms with van der Waals surface area (Å²) in [5.41, 5.74) is -0.250. The van der Waals surface area contributed by atoms with Gasteiger partial charge in [-0.25, -0.2) is 13.1 Å². The molecule has 0 fully saturated rings. The average Bonchev–Trinajstić information content (AvgIpc) is 2.58. The number of rotatable bonds is 6. The third-order valence-electron chi connectivity index (χ3n) is 3.23. The van der Waals surface area contributed by atoms with Gasteiger partial charge in [0.05, 0.1) is 17.0 Å². The van der Waals surface area contributed by atoms with Crippen LogP contribution in [0.5, 0.6) is 0 Å². The van der Waals surface area contributed by atoms with E-state index in [4.69, 9.17) is 0 Å². The van der Waals surface area contributed by atoms with Crippen LogP contribution < -0.4 is 10.0 Å². The van der Waals surface area contributed by atoms with Crippen LogP contribution in [0.15, 0.2) is 59.5 Å². The summed E-state index contributed by atoms with van der Waals surface area (Å²) >= 11 is 0. The van der Waals surface area contributed by atoms with Gasteiger partial charge in [-0.1, -0.05) is 36.4 Å². The van der Waals surface area contributed by atoms with Gasteiger partial charge in [0.2, 0.25) is 15.9 Å². The first kappa shape index (κ1) is 18.9. The minimum absolute atomic E-state index is 0.213. The molecule has 0 aliphatic carbocycles. The van der Waals surface area contributed by atoms with Crippen molar-refractivity contribution in [3.63, 3.8) is 0 Å². The van der Waals surface area contributed by atoms with Crippen LogP contribution in [-0.2, 0) is 27.5 Å². The van der Waals surface area contributed by atoms with Gasteiger partial charge in [0.1, 0.15) is 0 Å². The molecular weight excluding hydrogens is 357 g/mol. The van der Waals surface area contributed by atoms with Crippen molar-refractivity contribution in [1.29, 1.82) is 0 Å². The highest BCUT2D eigenvalue weighted by atomic mass is 32.2. The summed E-state index contributed by atoms with van der Waals surface area (Å²) < 4.78 is 64.0. The second-order valence-corrected chi connectivity index (χ2v) is 6.88. The predicted molar refractivity (Wildman–Crippen MR) is 84.9 cm³/mol. The van der Waals surface area contributed by atoms with Gasteiger partial charge in [-0.3, -0.25) is 4.79 Å². The number of hydrogen-bond acceptors (Lipinski definition) is 3. The number of benzene rings is 2. The zero-order valence-corrected chi connectivity index (χ0v) is 13.7. The molecule has 0 aliphatic heterocycles. The molecule has 0 spiro atoms. The Morgan fingerprint density at radius 3 is 2.32 bits per heavy atom. The van der Waals surface area contributed by atoms with Crippen molar-refractivity contribution in [3.05, 3.63) is 65.7 Å². The second kappa shape index (κ2) is 7.66. The Labute approximate surface area is 142 Å². The molecule has 5 nitrogen and oxygen atoms in total. The molecule has 2 N–H and O–H groups in total. The van der Waals surface area contributed by atoms with E-state index in [1.807, 2.05) is 10.8 Å². The lowest BCUT2D eigenvalue weighted by Crippen LogP contribution is -2.36. The summed E-state index contributed by atoms with van der Waals surface area (Å²) in [6.45, 7) is -0.365. The van der Waals surface area contributed by atoms with Gasteiger partial charge in [0, 0.05) is 6.54 Å². The van der Waals surface area contributed by atoms with E-state index in [0.717, 1.165) is 23.8 Å². The number of carbonyl (C=O) groups excluding carboxylic acids is 1. The van der Waals surface area contributed by atoms with Crippen molar-refractivity contribution in [3.8, 4) is 0 Å². The highest BCUT2D eigenvalue weighted by molar-refractivity contribution is 7.89. The molecule has 2 aromatic carbocycles. The Balaban J connectivity index is 1.96. The molecule has 0 saturated heterocycles. The lowest BCUT2D eigenvalue weighted by Gasteiger charge is -2.10. The molecule has 2 aromatic rings. The molecule has 134 valence electrons. The monoisotopic (exact) mass is 372 g/mol. The summed E-state index contributed by atoms with van der Waals surface area (Å²) in [4.78, 5) is 11.1. The van der Waals surface area contributed by atoms with E-state index >= 15 is 0 Å². The minimum Gasteiger partial charge on any atom is -0.351 e. The number of alkyl halides is 3. The Morgan fingerprint density at radius 2 is 1.68 bits per heavy atom. The predicted octanol–water partition coefficient (Wildman–Crippen LogP) is 2.30. The highest BCUT2D eigenvalue weighted by Gasteiger charge is 2.31.